The topological polar surface area (TPSA) is 63.4 Å². The van der Waals surface area contributed by atoms with E-state index in [-0.39, 0.29) is 23.7 Å². The highest BCUT2D eigenvalue weighted by atomic mass is 16.2. The Morgan fingerprint density at radius 2 is 1.73 bits per heavy atom. The minimum absolute atomic E-state index is 0.113. The number of hydrogen-bond donors (Lipinski definition) is 1. The Hall–Kier alpha value is -1.06. The molecular formula is C11H20N2O2. The van der Waals surface area contributed by atoms with E-state index in [0.29, 0.717) is 6.42 Å². The summed E-state index contributed by atoms with van der Waals surface area (Å²) in [5, 5.41) is 0. The van der Waals surface area contributed by atoms with Crippen molar-refractivity contribution in [2.45, 2.75) is 33.1 Å². The minimum Gasteiger partial charge on any atom is -0.369 e. The van der Waals surface area contributed by atoms with Gasteiger partial charge in [0.2, 0.25) is 11.8 Å². The number of nitrogens with two attached hydrogens (primary N) is 1. The van der Waals surface area contributed by atoms with Crippen molar-refractivity contribution in [1.82, 2.24) is 4.90 Å². The van der Waals surface area contributed by atoms with Gasteiger partial charge in [-0.1, -0.05) is 13.8 Å². The number of hydrogen-bond acceptors (Lipinski definition) is 2. The van der Waals surface area contributed by atoms with Crippen molar-refractivity contribution >= 4 is 11.8 Å². The van der Waals surface area contributed by atoms with Crippen molar-refractivity contribution < 1.29 is 9.59 Å². The predicted molar refractivity (Wildman–Crippen MR) is 58.0 cm³/mol. The molecule has 15 heavy (non-hydrogen) atoms. The second-order valence-electron chi connectivity index (χ2n) is 4.18. The van der Waals surface area contributed by atoms with Crippen LogP contribution in [0.15, 0.2) is 0 Å². The molecule has 0 bridgehead atoms. The summed E-state index contributed by atoms with van der Waals surface area (Å²) in [7, 11) is 0. The maximum atomic E-state index is 11.9. The molecule has 2 unspecified atom stereocenters. The van der Waals surface area contributed by atoms with E-state index < -0.39 is 0 Å². The zero-order valence-electron chi connectivity index (χ0n) is 9.53. The smallest absolute Gasteiger partial charge is 0.226 e. The normalized spacial score (nSPS) is 23.6. The molecule has 86 valence electrons. The maximum absolute atomic E-state index is 11.9. The number of nitrogens with zero attached hydrogens (tertiary/aromatic N) is 1. The first-order valence-electron chi connectivity index (χ1n) is 5.69. The molecule has 0 aromatic rings. The molecule has 1 saturated carbocycles. The third-order valence-electron chi connectivity index (χ3n) is 2.77. The molecule has 0 aliphatic heterocycles. The van der Waals surface area contributed by atoms with E-state index in [1.807, 2.05) is 4.90 Å². The number of carbonyl (C=O) groups is 2. The molecule has 2 atom stereocenters. The lowest BCUT2D eigenvalue weighted by Gasteiger charge is -2.21. The summed E-state index contributed by atoms with van der Waals surface area (Å²) >= 11 is 0. The largest absolute Gasteiger partial charge is 0.369 e. The molecule has 0 radical (unpaired) electrons. The number of carbonyl (C=O) groups excluding carboxylic acids is 2. The Labute approximate surface area is 90.8 Å². The molecule has 0 aromatic carbocycles. The Kier molecular flexibility index (Phi) is 4.12. The molecule has 1 rings (SSSR count). The van der Waals surface area contributed by atoms with Crippen molar-refractivity contribution in [2.75, 3.05) is 13.1 Å². The Bertz CT molecular complexity index is 247. The number of amides is 2. The van der Waals surface area contributed by atoms with Gasteiger partial charge in [-0.25, -0.2) is 0 Å². The van der Waals surface area contributed by atoms with Gasteiger partial charge in [0, 0.05) is 13.1 Å². The zero-order chi connectivity index (χ0) is 11.4. The van der Waals surface area contributed by atoms with Crippen molar-refractivity contribution in [1.29, 1.82) is 0 Å². The van der Waals surface area contributed by atoms with E-state index in [2.05, 4.69) is 13.8 Å². The van der Waals surface area contributed by atoms with Crippen molar-refractivity contribution in [2.24, 2.45) is 17.6 Å². The van der Waals surface area contributed by atoms with Gasteiger partial charge >= 0.3 is 0 Å². The first-order valence-corrected chi connectivity index (χ1v) is 5.69. The summed E-state index contributed by atoms with van der Waals surface area (Å²) in [5.74, 6) is -0.543. The molecule has 2 N–H and O–H groups in total. The molecule has 4 heteroatoms. The quantitative estimate of drug-likeness (QED) is 0.706. The van der Waals surface area contributed by atoms with Gasteiger partial charge in [-0.2, -0.15) is 0 Å². The molecule has 1 aliphatic carbocycles. The van der Waals surface area contributed by atoms with E-state index in [1.165, 1.54) is 0 Å². The first-order chi connectivity index (χ1) is 7.11. The molecule has 0 aromatic heterocycles. The van der Waals surface area contributed by atoms with Crippen LogP contribution >= 0.6 is 0 Å². The van der Waals surface area contributed by atoms with Crippen LogP contribution in [0.1, 0.15) is 33.1 Å². The predicted octanol–water partition coefficient (Wildman–Crippen LogP) is 0.756. The lowest BCUT2D eigenvalue weighted by atomic mass is 10.2. The lowest BCUT2D eigenvalue weighted by molar-refractivity contribution is -0.134. The van der Waals surface area contributed by atoms with Crippen LogP contribution in [-0.4, -0.2) is 29.8 Å². The zero-order valence-corrected chi connectivity index (χ0v) is 9.53. The fraction of sp³-hybridized carbons (Fsp3) is 0.818. The van der Waals surface area contributed by atoms with Gasteiger partial charge in [-0.05, 0) is 19.3 Å². The van der Waals surface area contributed by atoms with Gasteiger partial charge in [0.1, 0.15) is 0 Å². The van der Waals surface area contributed by atoms with E-state index >= 15 is 0 Å². The summed E-state index contributed by atoms with van der Waals surface area (Å²) in [4.78, 5) is 24.6. The highest BCUT2D eigenvalue weighted by molar-refractivity contribution is 5.91. The second-order valence-corrected chi connectivity index (χ2v) is 4.18. The number of primary amides is 1. The SMILES string of the molecule is CCCN(CCC)C(=O)C1CC1C(N)=O. The van der Waals surface area contributed by atoms with E-state index in [1.54, 1.807) is 0 Å². The van der Waals surface area contributed by atoms with Crippen molar-refractivity contribution in [3.63, 3.8) is 0 Å². The van der Waals surface area contributed by atoms with Gasteiger partial charge in [0.25, 0.3) is 0 Å². The number of rotatable bonds is 6. The Morgan fingerprint density at radius 1 is 1.20 bits per heavy atom. The molecule has 1 fully saturated rings. The molecule has 0 saturated heterocycles. The second kappa shape index (κ2) is 5.14. The average molecular weight is 212 g/mol. The van der Waals surface area contributed by atoms with Crippen LogP contribution in [0.25, 0.3) is 0 Å². The van der Waals surface area contributed by atoms with Crippen LogP contribution in [0.3, 0.4) is 0 Å². The van der Waals surface area contributed by atoms with Gasteiger partial charge in [0.05, 0.1) is 11.8 Å². The summed E-state index contributed by atoms with van der Waals surface area (Å²) < 4.78 is 0. The standard InChI is InChI=1S/C11H20N2O2/c1-3-5-13(6-4-2)11(15)9-7-8(9)10(12)14/h8-9H,3-7H2,1-2H3,(H2,12,14). The van der Waals surface area contributed by atoms with Gasteiger partial charge in [-0.3, -0.25) is 9.59 Å². The first kappa shape index (κ1) is 12.0. The highest BCUT2D eigenvalue weighted by Gasteiger charge is 2.48. The summed E-state index contributed by atoms with van der Waals surface area (Å²) in [6.07, 6.45) is 2.57. The van der Waals surface area contributed by atoms with Crippen LogP contribution in [0.4, 0.5) is 0 Å². The van der Waals surface area contributed by atoms with Gasteiger partial charge in [-0.15, -0.1) is 0 Å². The average Bonchev–Trinajstić information content (AvgIpc) is 2.96. The van der Waals surface area contributed by atoms with E-state index in [4.69, 9.17) is 5.73 Å². The molecule has 0 heterocycles. The maximum Gasteiger partial charge on any atom is 0.226 e. The van der Waals surface area contributed by atoms with Gasteiger partial charge in [0.15, 0.2) is 0 Å². The van der Waals surface area contributed by atoms with E-state index in [9.17, 15) is 9.59 Å². The highest BCUT2D eigenvalue weighted by Crippen LogP contribution is 2.39. The monoisotopic (exact) mass is 212 g/mol. The third-order valence-corrected chi connectivity index (χ3v) is 2.77. The Morgan fingerprint density at radius 3 is 2.07 bits per heavy atom. The Balaban J connectivity index is 2.47. The minimum atomic E-state index is -0.332. The summed E-state index contributed by atoms with van der Waals surface area (Å²) in [6.45, 7) is 5.67. The molecule has 1 aliphatic rings. The van der Waals surface area contributed by atoms with Gasteiger partial charge < -0.3 is 10.6 Å². The lowest BCUT2D eigenvalue weighted by Crippen LogP contribution is -2.34. The fourth-order valence-electron chi connectivity index (χ4n) is 1.89. The third kappa shape index (κ3) is 2.94. The van der Waals surface area contributed by atoms with Crippen LogP contribution in [0, 0.1) is 11.8 Å². The summed E-state index contributed by atoms with van der Waals surface area (Å²) in [6, 6.07) is 0. The van der Waals surface area contributed by atoms with Crippen molar-refractivity contribution in [3.05, 3.63) is 0 Å². The molecule has 2 amide bonds. The fourth-order valence-corrected chi connectivity index (χ4v) is 1.89. The molecular weight excluding hydrogens is 192 g/mol. The van der Waals surface area contributed by atoms with Crippen molar-refractivity contribution in [3.8, 4) is 0 Å². The van der Waals surface area contributed by atoms with E-state index in [0.717, 1.165) is 25.9 Å². The van der Waals surface area contributed by atoms with Crippen LogP contribution < -0.4 is 5.73 Å². The molecule has 0 spiro atoms. The van der Waals surface area contributed by atoms with Crippen LogP contribution in [-0.2, 0) is 9.59 Å². The molecule has 4 nitrogen and oxygen atoms in total. The summed E-state index contributed by atoms with van der Waals surface area (Å²) in [5.41, 5.74) is 5.16. The van der Waals surface area contributed by atoms with Crippen LogP contribution in [0.2, 0.25) is 0 Å². The van der Waals surface area contributed by atoms with Crippen LogP contribution in [0.5, 0.6) is 0 Å².